The van der Waals surface area contributed by atoms with Gasteiger partial charge in [0.2, 0.25) is 0 Å². The van der Waals surface area contributed by atoms with Crippen LogP contribution < -0.4 is 4.72 Å². The highest BCUT2D eigenvalue weighted by Gasteiger charge is 2.26. The van der Waals surface area contributed by atoms with E-state index in [0.717, 1.165) is 0 Å². The second-order valence-electron chi connectivity index (χ2n) is 5.82. The number of anilines is 1. The number of hydrogen-bond acceptors (Lipinski definition) is 6. The van der Waals surface area contributed by atoms with Gasteiger partial charge < -0.3 is 19.1 Å². The van der Waals surface area contributed by atoms with Gasteiger partial charge in [0.05, 0.1) is 5.51 Å². The van der Waals surface area contributed by atoms with Gasteiger partial charge in [-0.25, -0.2) is 4.98 Å². The third-order valence-electron chi connectivity index (χ3n) is 4.17. The molecule has 1 unspecified atom stereocenters. The molecule has 0 bridgehead atoms. The molecule has 10 heteroatoms. The van der Waals surface area contributed by atoms with Crippen LogP contribution in [0.1, 0.15) is 26.4 Å². The Balaban J connectivity index is 1.62. The first-order chi connectivity index (χ1) is 12.5. The van der Waals surface area contributed by atoms with Crippen LogP contribution in [0.4, 0.5) is 5.69 Å². The molecule has 2 amide bonds. The normalized spacial score (nSPS) is 15.6. The number of hydrogen-bond donors (Lipinski definition) is 1. The summed E-state index contributed by atoms with van der Waals surface area (Å²) in [5, 5.41) is 1.72. The van der Waals surface area contributed by atoms with E-state index in [0.29, 0.717) is 48.7 Å². The van der Waals surface area contributed by atoms with E-state index in [1.807, 2.05) is 0 Å². The number of nitrogens with zero attached hydrogens (tertiary/aromatic N) is 3. The standard InChI is InChI=1S/C16H18N4O4S2/c1-11-8-12(2-3-13(11)18-26(23)24)15(21)19-4-6-20(7-5-19)16(22)14-9-25-10-17-14/h2-3,8-10,18H,4-7H2,1H3,(H,23,24)/p-1. The van der Waals surface area contributed by atoms with E-state index >= 15 is 0 Å². The molecular weight excluding hydrogens is 376 g/mol. The van der Waals surface area contributed by atoms with Gasteiger partial charge in [-0.05, 0) is 30.7 Å². The summed E-state index contributed by atoms with van der Waals surface area (Å²) in [7, 11) is 0. The van der Waals surface area contributed by atoms with Crippen molar-refractivity contribution in [2.24, 2.45) is 0 Å². The monoisotopic (exact) mass is 393 g/mol. The molecule has 0 saturated carbocycles. The number of thiazole rings is 1. The van der Waals surface area contributed by atoms with Gasteiger partial charge in [0.1, 0.15) is 5.69 Å². The number of aryl methyl sites for hydroxylation is 1. The number of carbonyl (C=O) groups excluding carboxylic acids is 2. The minimum Gasteiger partial charge on any atom is -0.755 e. The van der Waals surface area contributed by atoms with Crippen molar-refractivity contribution in [1.82, 2.24) is 14.8 Å². The molecule has 3 rings (SSSR count). The highest BCUT2D eigenvalue weighted by Crippen LogP contribution is 2.19. The van der Waals surface area contributed by atoms with Crippen LogP contribution in [0.25, 0.3) is 0 Å². The molecule has 1 fully saturated rings. The fourth-order valence-electron chi connectivity index (χ4n) is 2.78. The molecule has 0 radical (unpaired) electrons. The maximum atomic E-state index is 12.7. The molecule has 0 aliphatic carbocycles. The summed E-state index contributed by atoms with van der Waals surface area (Å²) < 4.78 is 23.8. The molecule has 2 aromatic rings. The Bertz CT molecular complexity index is 833. The maximum Gasteiger partial charge on any atom is 0.273 e. The number of aromatic nitrogens is 1. The fourth-order valence-corrected chi connectivity index (χ4v) is 3.71. The van der Waals surface area contributed by atoms with Crippen molar-refractivity contribution in [3.8, 4) is 0 Å². The van der Waals surface area contributed by atoms with Gasteiger partial charge >= 0.3 is 0 Å². The van der Waals surface area contributed by atoms with Crippen molar-refractivity contribution in [3.05, 3.63) is 45.9 Å². The Labute approximate surface area is 157 Å². The summed E-state index contributed by atoms with van der Waals surface area (Å²) in [5.74, 6) is -0.251. The Morgan fingerprint density at radius 3 is 2.38 bits per heavy atom. The largest absolute Gasteiger partial charge is 0.755 e. The molecule has 1 aliphatic heterocycles. The quantitative estimate of drug-likeness (QED) is 0.787. The van der Waals surface area contributed by atoms with Gasteiger partial charge in [0.25, 0.3) is 11.8 Å². The Hall–Kier alpha value is -2.30. The van der Waals surface area contributed by atoms with Gasteiger partial charge in [-0.2, -0.15) is 0 Å². The van der Waals surface area contributed by atoms with Crippen LogP contribution in [-0.2, 0) is 11.3 Å². The molecule has 1 aromatic carbocycles. The average molecular weight is 393 g/mol. The van der Waals surface area contributed by atoms with E-state index in [9.17, 15) is 18.4 Å². The lowest BCUT2D eigenvalue weighted by Gasteiger charge is -2.34. The molecule has 26 heavy (non-hydrogen) atoms. The molecule has 8 nitrogen and oxygen atoms in total. The van der Waals surface area contributed by atoms with E-state index in [2.05, 4.69) is 9.71 Å². The van der Waals surface area contributed by atoms with Crippen molar-refractivity contribution in [3.63, 3.8) is 0 Å². The summed E-state index contributed by atoms with van der Waals surface area (Å²) in [6.07, 6.45) is 0. The summed E-state index contributed by atoms with van der Waals surface area (Å²) in [6.45, 7) is 3.53. The lowest BCUT2D eigenvalue weighted by Crippen LogP contribution is -2.50. The average Bonchev–Trinajstić information content (AvgIpc) is 3.16. The first-order valence-electron chi connectivity index (χ1n) is 7.89. The third kappa shape index (κ3) is 4.09. The summed E-state index contributed by atoms with van der Waals surface area (Å²) in [5.41, 5.74) is 3.65. The van der Waals surface area contributed by atoms with Crippen molar-refractivity contribution < 1.29 is 18.4 Å². The Kier molecular flexibility index (Phi) is 5.64. The number of piperazine rings is 1. The lowest BCUT2D eigenvalue weighted by molar-refractivity contribution is 0.0532. The van der Waals surface area contributed by atoms with Crippen molar-refractivity contribution in [1.29, 1.82) is 0 Å². The van der Waals surface area contributed by atoms with Gasteiger partial charge in [-0.3, -0.25) is 13.8 Å². The predicted molar refractivity (Wildman–Crippen MR) is 97.6 cm³/mol. The zero-order chi connectivity index (χ0) is 18.7. The van der Waals surface area contributed by atoms with Crippen LogP contribution >= 0.6 is 11.3 Å². The second-order valence-corrected chi connectivity index (χ2v) is 7.22. The van der Waals surface area contributed by atoms with Crippen LogP contribution in [0.5, 0.6) is 0 Å². The molecule has 138 valence electrons. The molecular formula is C16H17N4O4S2-. The van der Waals surface area contributed by atoms with Crippen LogP contribution in [0.3, 0.4) is 0 Å². The second kappa shape index (κ2) is 7.94. The Morgan fingerprint density at radius 1 is 1.19 bits per heavy atom. The molecule has 1 aliphatic rings. The van der Waals surface area contributed by atoms with Gasteiger partial charge in [0, 0.05) is 54.1 Å². The highest BCUT2D eigenvalue weighted by atomic mass is 32.2. The SMILES string of the molecule is Cc1cc(C(=O)N2CCN(C(=O)c3cscn3)CC2)ccc1NS(=O)[O-]. The number of nitrogens with one attached hydrogen (secondary N) is 1. The predicted octanol–water partition coefficient (Wildman–Crippen LogP) is 1.26. The smallest absolute Gasteiger partial charge is 0.273 e. The molecule has 1 atom stereocenters. The molecule has 1 N–H and O–H groups in total. The van der Waals surface area contributed by atoms with Gasteiger partial charge in [0.15, 0.2) is 0 Å². The van der Waals surface area contributed by atoms with E-state index in [-0.39, 0.29) is 11.8 Å². The zero-order valence-electron chi connectivity index (χ0n) is 14.0. The van der Waals surface area contributed by atoms with Crippen molar-refractivity contribution in [2.45, 2.75) is 6.92 Å². The summed E-state index contributed by atoms with van der Waals surface area (Å²) in [4.78, 5) is 32.4. The van der Waals surface area contributed by atoms with Crippen molar-refractivity contribution >= 4 is 40.1 Å². The van der Waals surface area contributed by atoms with Crippen LogP contribution in [-0.4, -0.2) is 61.5 Å². The fraction of sp³-hybridized carbons (Fsp3) is 0.312. The maximum absolute atomic E-state index is 12.7. The first-order valence-corrected chi connectivity index (χ1v) is 9.91. The van der Waals surface area contributed by atoms with Crippen LogP contribution in [0, 0.1) is 6.92 Å². The van der Waals surface area contributed by atoms with E-state index < -0.39 is 11.3 Å². The zero-order valence-corrected chi connectivity index (χ0v) is 15.6. The number of amides is 2. The number of carbonyl (C=O) groups is 2. The summed E-state index contributed by atoms with van der Waals surface area (Å²) >= 11 is -1.03. The number of benzene rings is 1. The minimum atomic E-state index is -2.41. The topological polar surface area (TPSA) is 106 Å². The minimum absolute atomic E-state index is 0.116. The van der Waals surface area contributed by atoms with Gasteiger partial charge in [-0.15, -0.1) is 11.3 Å². The Morgan fingerprint density at radius 2 is 1.85 bits per heavy atom. The molecule has 1 aromatic heterocycles. The van der Waals surface area contributed by atoms with Crippen LogP contribution in [0.15, 0.2) is 29.1 Å². The summed E-state index contributed by atoms with van der Waals surface area (Å²) in [6, 6.07) is 4.82. The van der Waals surface area contributed by atoms with E-state index in [4.69, 9.17) is 0 Å². The van der Waals surface area contributed by atoms with Crippen molar-refractivity contribution in [2.75, 3.05) is 30.9 Å². The van der Waals surface area contributed by atoms with E-state index in [1.165, 1.54) is 11.3 Å². The molecule has 0 spiro atoms. The molecule has 2 heterocycles. The lowest BCUT2D eigenvalue weighted by atomic mass is 10.1. The molecule has 1 saturated heterocycles. The highest BCUT2D eigenvalue weighted by molar-refractivity contribution is 7.80. The third-order valence-corrected chi connectivity index (χ3v) is 5.15. The van der Waals surface area contributed by atoms with Gasteiger partial charge in [-0.1, -0.05) is 0 Å². The van der Waals surface area contributed by atoms with Crippen LogP contribution in [0.2, 0.25) is 0 Å². The number of rotatable bonds is 4. The van der Waals surface area contributed by atoms with E-state index in [1.54, 1.807) is 45.8 Å². The first kappa shape index (κ1) is 18.5.